The highest BCUT2D eigenvalue weighted by atomic mass is 16.5. The molecule has 0 N–H and O–H groups in total. The highest BCUT2D eigenvalue weighted by Crippen LogP contribution is 2.35. The van der Waals surface area contributed by atoms with Gasteiger partial charge in [-0.05, 0) is 50.5 Å². The van der Waals surface area contributed by atoms with Gasteiger partial charge in [0.2, 0.25) is 0 Å². The molecule has 1 unspecified atom stereocenters. The molecule has 0 spiro atoms. The van der Waals surface area contributed by atoms with Gasteiger partial charge in [0.1, 0.15) is 17.3 Å². The second kappa shape index (κ2) is 5.87. The molecule has 4 heteroatoms. The van der Waals surface area contributed by atoms with Gasteiger partial charge in [0, 0.05) is 6.54 Å². The van der Waals surface area contributed by atoms with Crippen LogP contribution in [0.4, 0.5) is 0 Å². The molecule has 0 aliphatic carbocycles. The third-order valence-corrected chi connectivity index (χ3v) is 4.26. The molecule has 1 aliphatic heterocycles. The van der Waals surface area contributed by atoms with Crippen molar-refractivity contribution in [2.24, 2.45) is 0 Å². The zero-order valence-corrected chi connectivity index (χ0v) is 13.3. The number of methoxy groups -OCH3 is 1. The highest BCUT2D eigenvalue weighted by Gasteiger charge is 2.32. The number of amides is 1. The first-order valence-electron chi connectivity index (χ1n) is 7.62. The SMILES string of the molecule is COc1cccc(C2CCCN2C(=O)c2cc(C)oc2C)c1. The van der Waals surface area contributed by atoms with Crippen LogP contribution < -0.4 is 4.74 Å². The molecule has 1 fully saturated rings. The van der Waals surface area contributed by atoms with E-state index in [1.54, 1.807) is 7.11 Å². The predicted molar refractivity (Wildman–Crippen MR) is 84.2 cm³/mol. The van der Waals surface area contributed by atoms with Crippen LogP contribution in [0.5, 0.6) is 5.75 Å². The lowest BCUT2D eigenvalue weighted by Crippen LogP contribution is -2.30. The highest BCUT2D eigenvalue weighted by molar-refractivity contribution is 5.95. The Morgan fingerprint density at radius 3 is 2.82 bits per heavy atom. The maximum Gasteiger partial charge on any atom is 0.257 e. The molecule has 1 saturated heterocycles. The second-order valence-corrected chi connectivity index (χ2v) is 5.76. The molecule has 22 heavy (non-hydrogen) atoms. The van der Waals surface area contributed by atoms with E-state index in [4.69, 9.17) is 9.15 Å². The number of rotatable bonds is 3. The lowest BCUT2D eigenvalue weighted by Gasteiger charge is -2.25. The van der Waals surface area contributed by atoms with Gasteiger partial charge >= 0.3 is 0 Å². The van der Waals surface area contributed by atoms with Crippen LogP contribution in [0, 0.1) is 13.8 Å². The fourth-order valence-electron chi connectivity index (χ4n) is 3.20. The Morgan fingerprint density at radius 1 is 1.32 bits per heavy atom. The summed E-state index contributed by atoms with van der Waals surface area (Å²) in [7, 11) is 1.66. The topological polar surface area (TPSA) is 42.7 Å². The summed E-state index contributed by atoms with van der Waals surface area (Å²) >= 11 is 0. The van der Waals surface area contributed by atoms with Crippen molar-refractivity contribution in [3.63, 3.8) is 0 Å². The maximum absolute atomic E-state index is 12.9. The van der Waals surface area contributed by atoms with E-state index in [2.05, 4.69) is 6.07 Å². The van der Waals surface area contributed by atoms with Crippen LogP contribution in [-0.2, 0) is 0 Å². The Kier molecular flexibility index (Phi) is 3.92. The first-order chi connectivity index (χ1) is 10.6. The Balaban J connectivity index is 1.89. The number of hydrogen-bond donors (Lipinski definition) is 0. The van der Waals surface area contributed by atoms with Crippen molar-refractivity contribution in [3.8, 4) is 5.75 Å². The lowest BCUT2D eigenvalue weighted by atomic mass is 10.0. The summed E-state index contributed by atoms with van der Waals surface area (Å²) in [5.74, 6) is 2.35. The zero-order valence-electron chi connectivity index (χ0n) is 13.3. The van der Waals surface area contributed by atoms with E-state index in [0.29, 0.717) is 11.3 Å². The molecule has 1 aromatic heterocycles. The van der Waals surface area contributed by atoms with Gasteiger partial charge in [0.25, 0.3) is 5.91 Å². The van der Waals surface area contributed by atoms with Gasteiger partial charge in [0.05, 0.1) is 18.7 Å². The van der Waals surface area contributed by atoms with Crippen LogP contribution >= 0.6 is 0 Å². The van der Waals surface area contributed by atoms with Crippen molar-refractivity contribution in [1.82, 2.24) is 4.90 Å². The van der Waals surface area contributed by atoms with Crippen LogP contribution in [0.25, 0.3) is 0 Å². The first-order valence-corrected chi connectivity index (χ1v) is 7.62. The summed E-state index contributed by atoms with van der Waals surface area (Å²) in [4.78, 5) is 14.8. The van der Waals surface area contributed by atoms with Crippen LogP contribution in [0.2, 0.25) is 0 Å². The minimum atomic E-state index is 0.0552. The third kappa shape index (κ3) is 2.61. The molecule has 116 valence electrons. The molecular weight excluding hydrogens is 278 g/mol. The standard InChI is InChI=1S/C18H21NO3/c1-12-10-16(13(2)22-12)18(20)19-9-5-8-17(19)14-6-4-7-15(11-14)21-3/h4,6-7,10-11,17H,5,8-9H2,1-3H3. The van der Waals surface area contributed by atoms with Crippen LogP contribution in [0.1, 0.15) is 46.3 Å². The number of aryl methyl sites for hydroxylation is 2. The molecule has 3 rings (SSSR count). The van der Waals surface area contributed by atoms with Crippen molar-refractivity contribution >= 4 is 5.91 Å². The van der Waals surface area contributed by atoms with E-state index >= 15 is 0 Å². The van der Waals surface area contributed by atoms with E-state index in [1.165, 1.54) is 0 Å². The van der Waals surface area contributed by atoms with Crippen molar-refractivity contribution in [3.05, 3.63) is 53.0 Å². The molecule has 2 heterocycles. The Morgan fingerprint density at radius 2 is 2.14 bits per heavy atom. The molecule has 1 aromatic carbocycles. The van der Waals surface area contributed by atoms with Gasteiger partial charge in [0.15, 0.2) is 0 Å². The summed E-state index contributed by atoms with van der Waals surface area (Å²) in [5, 5.41) is 0. The number of hydrogen-bond acceptors (Lipinski definition) is 3. The molecule has 1 atom stereocenters. The normalized spacial score (nSPS) is 17.8. The average molecular weight is 299 g/mol. The van der Waals surface area contributed by atoms with Gasteiger partial charge in [-0.15, -0.1) is 0 Å². The summed E-state index contributed by atoms with van der Waals surface area (Å²) in [6.45, 7) is 4.49. The second-order valence-electron chi connectivity index (χ2n) is 5.76. The lowest BCUT2D eigenvalue weighted by molar-refractivity contribution is 0.0733. The Hall–Kier alpha value is -2.23. The van der Waals surface area contributed by atoms with Crippen LogP contribution in [0.3, 0.4) is 0 Å². The van der Waals surface area contributed by atoms with Gasteiger partial charge in [-0.2, -0.15) is 0 Å². The first kappa shape index (κ1) is 14.7. The monoisotopic (exact) mass is 299 g/mol. The number of carbonyl (C=O) groups excluding carboxylic acids is 1. The van der Waals surface area contributed by atoms with Crippen molar-refractivity contribution in [1.29, 1.82) is 0 Å². The van der Waals surface area contributed by atoms with E-state index in [0.717, 1.165) is 36.5 Å². The van der Waals surface area contributed by atoms with E-state index in [-0.39, 0.29) is 11.9 Å². The predicted octanol–water partition coefficient (Wildman–Crippen LogP) is 3.88. The number of likely N-dealkylation sites (tertiary alicyclic amines) is 1. The minimum absolute atomic E-state index is 0.0552. The molecular formula is C18H21NO3. The van der Waals surface area contributed by atoms with Crippen LogP contribution in [0.15, 0.2) is 34.7 Å². The van der Waals surface area contributed by atoms with Gasteiger partial charge in [-0.3, -0.25) is 4.79 Å². The van der Waals surface area contributed by atoms with Gasteiger partial charge < -0.3 is 14.1 Å². The van der Waals surface area contributed by atoms with Crippen molar-refractivity contribution in [2.75, 3.05) is 13.7 Å². The summed E-state index contributed by atoms with van der Waals surface area (Å²) < 4.78 is 10.8. The van der Waals surface area contributed by atoms with Crippen molar-refractivity contribution in [2.45, 2.75) is 32.7 Å². The molecule has 0 radical (unpaired) electrons. The number of ether oxygens (including phenoxy) is 1. The zero-order chi connectivity index (χ0) is 15.7. The number of nitrogens with zero attached hydrogens (tertiary/aromatic N) is 1. The quantitative estimate of drug-likeness (QED) is 0.863. The molecule has 4 nitrogen and oxygen atoms in total. The minimum Gasteiger partial charge on any atom is -0.497 e. The molecule has 0 bridgehead atoms. The fourth-order valence-corrected chi connectivity index (χ4v) is 3.20. The summed E-state index contributed by atoms with van der Waals surface area (Å²) in [6, 6.07) is 9.92. The maximum atomic E-state index is 12.9. The smallest absolute Gasteiger partial charge is 0.257 e. The number of carbonyl (C=O) groups is 1. The average Bonchev–Trinajstić information content (AvgIpc) is 3.13. The van der Waals surface area contributed by atoms with Crippen molar-refractivity contribution < 1.29 is 13.9 Å². The summed E-state index contributed by atoms with van der Waals surface area (Å²) in [5.41, 5.74) is 1.80. The van der Waals surface area contributed by atoms with E-state index < -0.39 is 0 Å². The van der Waals surface area contributed by atoms with Gasteiger partial charge in [-0.1, -0.05) is 12.1 Å². The molecule has 2 aromatic rings. The van der Waals surface area contributed by atoms with E-state index in [1.807, 2.05) is 43.0 Å². The van der Waals surface area contributed by atoms with E-state index in [9.17, 15) is 4.79 Å². The largest absolute Gasteiger partial charge is 0.497 e. The Bertz CT molecular complexity index is 689. The number of benzene rings is 1. The summed E-state index contributed by atoms with van der Waals surface area (Å²) in [6.07, 6.45) is 2.00. The molecule has 1 amide bonds. The number of furan rings is 1. The van der Waals surface area contributed by atoms with Crippen LogP contribution in [-0.4, -0.2) is 24.5 Å². The molecule has 1 aliphatic rings. The third-order valence-electron chi connectivity index (χ3n) is 4.26. The van der Waals surface area contributed by atoms with Gasteiger partial charge in [-0.25, -0.2) is 0 Å². The Labute approximate surface area is 130 Å². The molecule has 0 saturated carbocycles. The fraction of sp³-hybridized carbons (Fsp3) is 0.389.